The van der Waals surface area contributed by atoms with Gasteiger partial charge in [0.15, 0.2) is 0 Å². The molecule has 174 valence electrons. The molecule has 2 aromatic carbocycles. The molecular formula is C29H27N5O. The summed E-state index contributed by atoms with van der Waals surface area (Å²) in [5.41, 5.74) is 7.86. The highest BCUT2D eigenvalue weighted by molar-refractivity contribution is 5.84. The van der Waals surface area contributed by atoms with Crippen LogP contribution in [0.4, 0.5) is 11.4 Å². The molecule has 0 unspecified atom stereocenters. The summed E-state index contributed by atoms with van der Waals surface area (Å²) in [7, 11) is 0. The van der Waals surface area contributed by atoms with Gasteiger partial charge < -0.3 is 14.6 Å². The number of fused-ring (bicyclic) bond motifs is 2. The molecule has 35 heavy (non-hydrogen) atoms. The molecule has 1 aliphatic carbocycles. The maximum Gasteiger partial charge on any atom is 0.0900 e. The minimum absolute atomic E-state index is 0.233. The monoisotopic (exact) mass is 461 g/mol. The number of anilines is 2. The van der Waals surface area contributed by atoms with E-state index in [0.29, 0.717) is 0 Å². The minimum atomic E-state index is 0.233. The Bertz CT molecular complexity index is 1500. The molecule has 0 amide bonds. The fraction of sp³-hybridized carbons (Fsp3) is 0.207. The number of aryl methyl sites for hydroxylation is 1. The van der Waals surface area contributed by atoms with Crippen LogP contribution in [0.1, 0.15) is 18.5 Å². The topological polar surface area (TPSA) is 64.3 Å². The van der Waals surface area contributed by atoms with E-state index in [1.165, 1.54) is 0 Å². The van der Waals surface area contributed by atoms with Gasteiger partial charge in [-0.2, -0.15) is 0 Å². The zero-order valence-corrected chi connectivity index (χ0v) is 19.7. The Balaban J connectivity index is 1.61. The normalized spacial score (nSPS) is 15.1. The summed E-state index contributed by atoms with van der Waals surface area (Å²) in [6.07, 6.45) is 3.71. The number of nitrogens with one attached hydrogen (secondary N) is 1. The van der Waals surface area contributed by atoms with Crippen LogP contribution in [0.5, 0.6) is 0 Å². The lowest BCUT2D eigenvalue weighted by molar-refractivity contribution is 0.0864. The van der Waals surface area contributed by atoms with E-state index in [1.807, 2.05) is 37.4 Å². The first kappa shape index (κ1) is 21.5. The number of benzene rings is 3. The third-order valence-electron chi connectivity index (χ3n) is 6.41. The second kappa shape index (κ2) is 9.31. The highest BCUT2D eigenvalue weighted by Gasteiger charge is 2.18. The molecule has 0 spiro atoms. The lowest BCUT2D eigenvalue weighted by Gasteiger charge is -2.22. The Kier molecular flexibility index (Phi) is 5.72. The van der Waals surface area contributed by atoms with Crippen molar-refractivity contribution in [2.24, 2.45) is 4.99 Å². The van der Waals surface area contributed by atoms with Gasteiger partial charge in [0.25, 0.3) is 0 Å². The van der Waals surface area contributed by atoms with Crippen molar-refractivity contribution in [1.82, 2.24) is 14.5 Å². The molecule has 0 radical (unpaired) electrons. The summed E-state index contributed by atoms with van der Waals surface area (Å²) < 4.78 is 7.85. The highest BCUT2D eigenvalue weighted by atomic mass is 16.5. The Morgan fingerprint density at radius 1 is 0.943 bits per heavy atom. The van der Waals surface area contributed by atoms with Gasteiger partial charge in [-0.1, -0.05) is 30.3 Å². The molecule has 6 rings (SSSR count). The van der Waals surface area contributed by atoms with Gasteiger partial charge in [-0.05, 0) is 68.3 Å². The Morgan fingerprint density at radius 3 is 2.54 bits per heavy atom. The third kappa shape index (κ3) is 4.40. The van der Waals surface area contributed by atoms with Crippen LogP contribution in [-0.4, -0.2) is 33.8 Å². The van der Waals surface area contributed by atoms with Gasteiger partial charge in [-0.3, -0.25) is 9.98 Å². The third-order valence-corrected chi connectivity index (χ3v) is 6.41. The average Bonchev–Trinajstić information content (AvgIpc) is 2.90. The second-order valence-corrected chi connectivity index (χ2v) is 8.92. The Labute approximate surface area is 204 Å². The number of rotatable bonds is 4. The first-order valence-corrected chi connectivity index (χ1v) is 12.1. The van der Waals surface area contributed by atoms with Gasteiger partial charge in [0.05, 0.1) is 51.4 Å². The molecule has 1 aromatic heterocycles. The molecule has 0 saturated carbocycles. The number of ether oxygens (including phenoxy) is 1. The molecule has 0 bridgehead atoms. The predicted molar refractivity (Wildman–Crippen MR) is 139 cm³/mol. The van der Waals surface area contributed by atoms with Crippen LogP contribution in [0.15, 0.2) is 90.1 Å². The summed E-state index contributed by atoms with van der Waals surface area (Å²) in [4.78, 5) is 14.7. The van der Waals surface area contributed by atoms with Crippen molar-refractivity contribution in [3.8, 4) is 17.1 Å². The summed E-state index contributed by atoms with van der Waals surface area (Å²) in [5.74, 6) is 0. The number of pyridine rings is 1. The highest BCUT2D eigenvalue weighted by Crippen LogP contribution is 2.30. The van der Waals surface area contributed by atoms with Crippen molar-refractivity contribution >= 4 is 22.4 Å². The Morgan fingerprint density at radius 2 is 1.74 bits per heavy atom. The van der Waals surface area contributed by atoms with Crippen LogP contribution >= 0.6 is 0 Å². The molecule has 6 nitrogen and oxygen atoms in total. The van der Waals surface area contributed by atoms with Crippen LogP contribution in [0.2, 0.25) is 0 Å². The van der Waals surface area contributed by atoms with Gasteiger partial charge in [0, 0.05) is 24.6 Å². The van der Waals surface area contributed by atoms with Crippen LogP contribution in [0.3, 0.4) is 0 Å². The number of hydrogen-bond acceptors (Lipinski definition) is 5. The molecule has 2 aliphatic heterocycles. The van der Waals surface area contributed by atoms with E-state index in [0.717, 1.165) is 76.6 Å². The lowest BCUT2D eigenvalue weighted by Crippen LogP contribution is -2.23. The van der Waals surface area contributed by atoms with E-state index in [9.17, 15) is 0 Å². The summed E-state index contributed by atoms with van der Waals surface area (Å²) in [5, 5.41) is 4.47. The smallest absolute Gasteiger partial charge is 0.0900 e. The van der Waals surface area contributed by atoms with Gasteiger partial charge in [0.1, 0.15) is 0 Å². The van der Waals surface area contributed by atoms with Gasteiger partial charge in [-0.15, -0.1) is 0 Å². The van der Waals surface area contributed by atoms with Crippen molar-refractivity contribution in [2.45, 2.75) is 25.8 Å². The van der Waals surface area contributed by atoms with Crippen molar-refractivity contribution < 1.29 is 4.74 Å². The van der Waals surface area contributed by atoms with Crippen LogP contribution in [-0.2, 0) is 4.74 Å². The minimum Gasteiger partial charge on any atom is -0.381 e. The quantitative estimate of drug-likeness (QED) is 0.351. The van der Waals surface area contributed by atoms with Crippen LogP contribution < -0.4 is 10.7 Å². The fourth-order valence-corrected chi connectivity index (χ4v) is 4.61. The van der Waals surface area contributed by atoms with E-state index < -0.39 is 0 Å². The molecule has 3 heterocycles. The predicted octanol–water partition coefficient (Wildman–Crippen LogP) is 5.66. The van der Waals surface area contributed by atoms with E-state index in [2.05, 4.69) is 69.5 Å². The standard InChI is InChI=1S/C29H27N5O/c1-20-11-12-22(19-30-20)32-25-17-27-29(18-26(25)31-21-13-15-35-16-14-21)34(23-7-3-2-4-8-23)28-10-6-5-9-24(28)33-27/h2-12,17-19,21,32H,13-16H2,1H3/b31-26+. The zero-order valence-electron chi connectivity index (χ0n) is 19.7. The van der Waals surface area contributed by atoms with Gasteiger partial charge in [0.2, 0.25) is 0 Å². The van der Waals surface area contributed by atoms with Crippen molar-refractivity contribution in [1.29, 1.82) is 0 Å². The second-order valence-electron chi connectivity index (χ2n) is 8.92. The van der Waals surface area contributed by atoms with E-state index in [4.69, 9.17) is 14.7 Å². The number of para-hydroxylation sites is 3. The van der Waals surface area contributed by atoms with E-state index >= 15 is 0 Å². The SMILES string of the molecule is Cc1ccc(Nc2cc3nc4ccccc4n(-c4ccccc4)c-3c/c2=N\C2CCOCC2)cn1. The molecule has 0 atom stereocenters. The average molecular weight is 462 g/mol. The van der Waals surface area contributed by atoms with E-state index in [-0.39, 0.29) is 6.04 Å². The largest absolute Gasteiger partial charge is 0.381 e. The maximum absolute atomic E-state index is 5.57. The molecule has 3 aliphatic rings. The maximum atomic E-state index is 5.57. The first-order chi connectivity index (χ1) is 17.2. The summed E-state index contributed by atoms with van der Waals surface area (Å²) in [6.45, 7) is 3.49. The number of nitrogens with zero attached hydrogens (tertiary/aromatic N) is 4. The molecule has 1 N–H and O–H groups in total. The number of aromatic nitrogens is 3. The lowest BCUT2D eigenvalue weighted by atomic mass is 10.1. The van der Waals surface area contributed by atoms with Crippen LogP contribution in [0, 0.1) is 6.92 Å². The number of hydrogen-bond donors (Lipinski definition) is 1. The molecule has 6 heteroatoms. The fourth-order valence-electron chi connectivity index (χ4n) is 4.61. The molecular weight excluding hydrogens is 434 g/mol. The van der Waals surface area contributed by atoms with Crippen molar-refractivity contribution in [2.75, 3.05) is 18.5 Å². The first-order valence-electron chi connectivity index (χ1n) is 12.1. The summed E-state index contributed by atoms with van der Waals surface area (Å²) in [6, 6.07) is 27.3. The van der Waals surface area contributed by atoms with E-state index in [1.54, 1.807) is 0 Å². The summed E-state index contributed by atoms with van der Waals surface area (Å²) >= 11 is 0. The Hall–Kier alpha value is -4.03. The van der Waals surface area contributed by atoms with Crippen molar-refractivity contribution in [3.63, 3.8) is 0 Å². The zero-order chi connectivity index (χ0) is 23.6. The van der Waals surface area contributed by atoms with Crippen LogP contribution in [0.25, 0.3) is 28.1 Å². The molecule has 3 aromatic rings. The molecule has 1 fully saturated rings. The van der Waals surface area contributed by atoms with Crippen molar-refractivity contribution in [3.05, 3.63) is 96.1 Å². The molecule has 1 saturated heterocycles. The van der Waals surface area contributed by atoms with Gasteiger partial charge >= 0.3 is 0 Å². The van der Waals surface area contributed by atoms with Gasteiger partial charge in [-0.25, -0.2) is 4.98 Å².